The summed E-state index contributed by atoms with van der Waals surface area (Å²) in [5, 5.41) is 4.35. The molecule has 0 saturated carbocycles. The van der Waals surface area contributed by atoms with Crippen molar-refractivity contribution in [2.75, 3.05) is 20.2 Å². The van der Waals surface area contributed by atoms with E-state index in [-0.39, 0.29) is 12.2 Å². The van der Waals surface area contributed by atoms with E-state index in [9.17, 15) is 0 Å². The van der Waals surface area contributed by atoms with Gasteiger partial charge < -0.3 is 9.47 Å². The van der Waals surface area contributed by atoms with Crippen LogP contribution in [0.2, 0.25) is 0 Å². The molecule has 1 unspecified atom stereocenters. The minimum absolute atomic E-state index is 0.184. The Labute approximate surface area is 149 Å². The van der Waals surface area contributed by atoms with E-state index in [4.69, 9.17) is 9.47 Å². The Bertz CT molecular complexity index is 701. The summed E-state index contributed by atoms with van der Waals surface area (Å²) >= 11 is 0. The number of fused-ring (bicyclic) bond motifs is 2. The van der Waals surface area contributed by atoms with E-state index in [2.05, 4.69) is 35.1 Å². The first kappa shape index (κ1) is 16.6. The summed E-state index contributed by atoms with van der Waals surface area (Å²) < 4.78 is 14.1. The zero-order valence-corrected chi connectivity index (χ0v) is 15.1. The van der Waals surface area contributed by atoms with Gasteiger partial charge in [-0.3, -0.25) is 9.58 Å². The Kier molecular flexibility index (Phi) is 4.77. The largest absolute Gasteiger partial charge is 0.496 e. The topological polar surface area (TPSA) is 39.5 Å². The molecule has 2 aromatic rings. The predicted octanol–water partition coefficient (Wildman–Crippen LogP) is 2.54. The molecule has 3 atom stereocenters. The summed E-state index contributed by atoms with van der Waals surface area (Å²) in [6.07, 6.45) is 7.40. The molecule has 2 heterocycles. The highest BCUT2D eigenvalue weighted by atomic mass is 16.5. The van der Waals surface area contributed by atoms with Gasteiger partial charge in [0, 0.05) is 31.4 Å². The maximum Gasteiger partial charge on any atom is 0.122 e. The molecule has 5 nitrogen and oxygen atoms in total. The van der Waals surface area contributed by atoms with Crippen LogP contribution in [0.15, 0.2) is 36.7 Å². The molecule has 0 radical (unpaired) electrons. The highest BCUT2D eigenvalue weighted by molar-refractivity contribution is 5.43. The Balaban J connectivity index is 1.58. The monoisotopic (exact) mass is 341 g/mol. The molecule has 134 valence electrons. The van der Waals surface area contributed by atoms with Crippen molar-refractivity contribution < 1.29 is 9.47 Å². The standard InChI is InChI=1S/C20H27N3O2/c1-3-9-22-13-16(14-23-10-5-8-21-23)25-20-12-17-15(11-18(20)22)6-4-7-19(17)24-2/h4-8,10,16,18,20H,3,9,11-14H2,1-2H3/t16-,18+,20?/m1/s1. The summed E-state index contributed by atoms with van der Waals surface area (Å²) in [5.41, 5.74) is 2.73. The van der Waals surface area contributed by atoms with Crippen LogP contribution in [0.5, 0.6) is 5.75 Å². The summed E-state index contributed by atoms with van der Waals surface area (Å²) in [7, 11) is 1.76. The minimum atomic E-state index is 0.184. The van der Waals surface area contributed by atoms with Crippen molar-refractivity contribution in [3.63, 3.8) is 0 Å². The molecule has 1 saturated heterocycles. The van der Waals surface area contributed by atoms with Crippen molar-refractivity contribution in [1.82, 2.24) is 14.7 Å². The predicted molar refractivity (Wildman–Crippen MR) is 96.9 cm³/mol. The Morgan fingerprint density at radius 3 is 2.96 bits per heavy atom. The molecule has 4 rings (SSSR count). The molecular formula is C20H27N3O2. The van der Waals surface area contributed by atoms with Crippen LogP contribution in [0, 0.1) is 0 Å². The van der Waals surface area contributed by atoms with Gasteiger partial charge in [0.05, 0.1) is 25.9 Å². The second kappa shape index (κ2) is 7.18. The second-order valence-corrected chi connectivity index (χ2v) is 7.09. The lowest BCUT2D eigenvalue weighted by Gasteiger charge is -2.47. The zero-order valence-electron chi connectivity index (χ0n) is 15.1. The first-order valence-electron chi connectivity index (χ1n) is 9.30. The van der Waals surface area contributed by atoms with Crippen LogP contribution in [-0.4, -0.2) is 53.1 Å². The number of aromatic nitrogens is 2. The third kappa shape index (κ3) is 3.31. The number of nitrogens with zero attached hydrogens (tertiary/aromatic N) is 3. The lowest BCUT2D eigenvalue weighted by Crippen LogP contribution is -2.58. The van der Waals surface area contributed by atoms with Gasteiger partial charge in [-0.25, -0.2) is 0 Å². The molecule has 1 aromatic carbocycles. The summed E-state index contributed by atoms with van der Waals surface area (Å²) in [6.45, 7) is 5.18. The van der Waals surface area contributed by atoms with Gasteiger partial charge in [-0.1, -0.05) is 19.1 Å². The van der Waals surface area contributed by atoms with E-state index in [0.717, 1.165) is 38.2 Å². The highest BCUT2D eigenvalue weighted by Crippen LogP contribution is 2.35. The number of methoxy groups -OCH3 is 1. The van der Waals surface area contributed by atoms with E-state index >= 15 is 0 Å². The molecule has 25 heavy (non-hydrogen) atoms. The molecule has 1 aliphatic heterocycles. The quantitative estimate of drug-likeness (QED) is 0.838. The molecule has 0 N–H and O–H groups in total. The molecule has 1 aliphatic carbocycles. The van der Waals surface area contributed by atoms with Gasteiger partial charge in [0.25, 0.3) is 0 Å². The van der Waals surface area contributed by atoms with Crippen molar-refractivity contribution in [1.29, 1.82) is 0 Å². The van der Waals surface area contributed by atoms with Crippen LogP contribution in [0.1, 0.15) is 24.5 Å². The molecule has 0 amide bonds. The van der Waals surface area contributed by atoms with Gasteiger partial charge in [-0.15, -0.1) is 0 Å². The average Bonchev–Trinajstić information content (AvgIpc) is 3.13. The molecule has 0 bridgehead atoms. The van der Waals surface area contributed by atoms with Crippen molar-refractivity contribution >= 4 is 0 Å². The molecule has 1 aromatic heterocycles. The number of hydrogen-bond donors (Lipinski definition) is 0. The third-order valence-electron chi connectivity index (χ3n) is 5.45. The summed E-state index contributed by atoms with van der Waals surface area (Å²) in [6, 6.07) is 8.85. The lowest BCUT2D eigenvalue weighted by molar-refractivity contribution is -0.128. The van der Waals surface area contributed by atoms with E-state index < -0.39 is 0 Å². The first-order chi connectivity index (χ1) is 12.3. The Hall–Kier alpha value is -1.85. The number of rotatable bonds is 5. The second-order valence-electron chi connectivity index (χ2n) is 7.09. The number of morpholine rings is 1. The maximum absolute atomic E-state index is 6.54. The van der Waals surface area contributed by atoms with E-state index in [1.54, 1.807) is 7.11 Å². The number of hydrogen-bond acceptors (Lipinski definition) is 4. The fourth-order valence-electron chi connectivity index (χ4n) is 4.37. The zero-order chi connectivity index (χ0) is 17.2. The van der Waals surface area contributed by atoms with Gasteiger partial charge in [0.2, 0.25) is 0 Å². The molecule has 0 spiro atoms. The van der Waals surface area contributed by atoms with E-state index in [1.807, 2.05) is 23.1 Å². The van der Waals surface area contributed by atoms with Gasteiger partial charge >= 0.3 is 0 Å². The van der Waals surface area contributed by atoms with Crippen molar-refractivity contribution in [2.45, 2.75) is 51.0 Å². The fourth-order valence-corrected chi connectivity index (χ4v) is 4.37. The smallest absolute Gasteiger partial charge is 0.122 e. The van der Waals surface area contributed by atoms with E-state index in [0.29, 0.717) is 6.04 Å². The van der Waals surface area contributed by atoms with Crippen LogP contribution >= 0.6 is 0 Å². The van der Waals surface area contributed by atoms with Crippen LogP contribution < -0.4 is 4.74 Å². The summed E-state index contributed by atoms with van der Waals surface area (Å²) in [4.78, 5) is 2.63. The highest BCUT2D eigenvalue weighted by Gasteiger charge is 2.40. The average molecular weight is 341 g/mol. The normalized spacial score (nSPS) is 26.1. The summed E-state index contributed by atoms with van der Waals surface area (Å²) in [5.74, 6) is 0.996. The minimum Gasteiger partial charge on any atom is -0.496 e. The SMILES string of the molecule is CCCN1C[C@H](Cn2cccn2)OC2Cc3c(cccc3OC)C[C@@H]21. The lowest BCUT2D eigenvalue weighted by atomic mass is 9.83. The third-order valence-corrected chi connectivity index (χ3v) is 5.45. The van der Waals surface area contributed by atoms with Crippen LogP contribution in [-0.2, 0) is 24.1 Å². The molecule has 1 fully saturated rings. The van der Waals surface area contributed by atoms with Crippen LogP contribution in [0.25, 0.3) is 0 Å². The van der Waals surface area contributed by atoms with Crippen molar-refractivity contribution in [3.8, 4) is 5.75 Å². The Morgan fingerprint density at radius 1 is 1.28 bits per heavy atom. The van der Waals surface area contributed by atoms with Crippen molar-refractivity contribution in [3.05, 3.63) is 47.8 Å². The molecular weight excluding hydrogens is 314 g/mol. The van der Waals surface area contributed by atoms with Crippen LogP contribution in [0.3, 0.4) is 0 Å². The molecule has 2 aliphatic rings. The Morgan fingerprint density at radius 2 is 2.20 bits per heavy atom. The fraction of sp³-hybridized carbons (Fsp3) is 0.550. The van der Waals surface area contributed by atoms with Gasteiger partial charge in [0.15, 0.2) is 0 Å². The number of benzene rings is 1. The van der Waals surface area contributed by atoms with Gasteiger partial charge in [-0.05, 0) is 42.6 Å². The van der Waals surface area contributed by atoms with Crippen molar-refractivity contribution in [2.24, 2.45) is 0 Å². The van der Waals surface area contributed by atoms with Gasteiger partial charge in [0.1, 0.15) is 5.75 Å². The van der Waals surface area contributed by atoms with Crippen LogP contribution in [0.4, 0.5) is 0 Å². The molecule has 5 heteroatoms. The maximum atomic E-state index is 6.54. The first-order valence-corrected chi connectivity index (χ1v) is 9.30. The van der Waals surface area contributed by atoms with E-state index in [1.165, 1.54) is 17.5 Å². The number of ether oxygens (including phenoxy) is 2. The van der Waals surface area contributed by atoms with Gasteiger partial charge in [-0.2, -0.15) is 5.10 Å².